The van der Waals surface area contributed by atoms with Crippen LogP contribution in [0.15, 0.2) is 12.1 Å². The Morgan fingerprint density at radius 1 is 1.26 bits per heavy atom. The van der Waals surface area contributed by atoms with E-state index in [4.69, 9.17) is 19.3 Å². The van der Waals surface area contributed by atoms with Crippen molar-refractivity contribution in [2.75, 3.05) is 21.3 Å². The van der Waals surface area contributed by atoms with Gasteiger partial charge in [-0.15, -0.1) is 0 Å². The standard InChI is InChI=1S/C14H20O5/c1-9(14(15)16)7-10-5-6-12(18-3)11(8-17-2)13(10)19-4/h5-6,9H,7-8H2,1-4H3,(H,15,16). The summed E-state index contributed by atoms with van der Waals surface area (Å²) in [5.41, 5.74) is 1.63. The smallest absolute Gasteiger partial charge is 0.306 e. The number of methoxy groups -OCH3 is 3. The zero-order valence-electron chi connectivity index (χ0n) is 11.7. The third-order valence-electron chi connectivity index (χ3n) is 2.96. The lowest BCUT2D eigenvalue weighted by molar-refractivity contribution is -0.141. The van der Waals surface area contributed by atoms with E-state index in [9.17, 15) is 4.79 Å². The molecule has 0 radical (unpaired) electrons. The Morgan fingerprint density at radius 3 is 2.42 bits per heavy atom. The Kier molecular flexibility index (Phi) is 5.63. The molecule has 0 aromatic heterocycles. The van der Waals surface area contributed by atoms with Crippen molar-refractivity contribution >= 4 is 5.97 Å². The van der Waals surface area contributed by atoms with Gasteiger partial charge in [-0.1, -0.05) is 13.0 Å². The molecule has 1 unspecified atom stereocenters. The zero-order valence-corrected chi connectivity index (χ0v) is 11.7. The average molecular weight is 268 g/mol. The first-order valence-corrected chi connectivity index (χ1v) is 5.99. The molecule has 106 valence electrons. The molecule has 19 heavy (non-hydrogen) atoms. The molecule has 0 saturated carbocycles. The third kappa shape index (κ3) is 3.61. The molecule has 0 fully saturated rings. The Labute approximate surface area is 113 Å². The van der Waals surface area contributed by atoms with Crippen molar-refractivity contribution in [3.05, 3.63) is 23.3 Å². The number of aliphatic carboxylic acids is 1. The molecule has 0 amide bonds. The highest BCUT2D eigenvalue weighted by molar-refractivity contribution is 5.70. The van der Waals surface area contributed by atoms with Crippen LogP contribution in [-0.2, 0) is 22.6 Å². The van der Waals surface area contributed by atoms with Crippen LogP contribution in [0.5, 0.6) is 11.5 Å². The molecule has 5 nitrogen and oxygen atoms in total. The summed E-state index contributed by atoms with van der Waals surface area (Å²) in [7, 11) is 4.72. The van der Waals surface area contributed by atoms with Gasteiger partial charge in [-0.25, -0.2) is 0 Å². The Balaban J connectivity index is 3.18. The van der Waals surface area contributed by atoms with Crippen molar-refractivity contribution in [3.63, 3.8) is 0 Å². The van der Waals surface area contributed by atoms with Crippen LogP contribution in [-0.4, -0.2) is 32.4 Å². The number of hydrogen-bond acceptors (Lipinski definition) is 4. The quantitative estimate of drug-likeness (QED) is 0.820. The van der Waals surface area contributed by atoms with E-state index in [2.05, 4.69) is 0 Å². The lowest BCUT2D eigenvalue weighted by Gasteiger charge is -2.17. The van der Waals surface area contributed by atoms with Gasteiger partial charge < -0.3 is 19.3 Å². The number of carboxylic acids is 1. The minimum absolute atomic E-state index is 0.349. The van der Waals surface area contributed by atoms with Gasteiger partial charge in [0.15, 0.2) is 0 Å². The Bertz CT molecular complexity index is 442. The van der Waals surface area contributed by atoms with Crippen LogP contribution < -0.4 is 9.47 Å². The van der Waals surface area contributed by atoms with Gasteiger partial charge in [0.05, 0.1) is 32.3 Å². The van der Waals surface area contributed by atoms with E-state index in [0.717, 1.165) is 11.1 Å². The van der Waals surface area contributed by atoms with Crippen LogP contribution in [0.25, 0.3) is 0 Å². The number of rotatable bonds is 7. The predicted octanol–water partition coefficient (Wildman–Crippen LogP) is 2.11. The molecule has 0 aliphatic heterocycles. The van der Waals surface area contributed by atoms with Gasteiger partial charge in [-0.05, 0) is 18.1 Å². The summed E-state index contributed by atoms with van der Waals surface area (Å²) in [5, 5.41) is 8.99. The van der Waals surface area contributed by atoms with Crippen molar-refractivity contribution in [2.24, 2.45) is 5.92 Å². The monoisotopic (exact) mass is 268 g/mol. The largest absolute Gasteiger partial charge is 0.496 e. The molecule has 5 heteroatoms. The van der Waals surface area contributed by atoms with Gasteiger partial charge in [0.25, 0.3) is 0 Å². The van der Waals surface area contributed by atoms with E-state index in [1.54, 1.807) is 34.3 Å². The van der Waals surface area contributed by atoms with Crippen molar-refractivity contribution in [1.29, 1.82) is 0 Å². The van der Waals surface area contributed by atoms with Crippen LogP contribution in [0.1, 0.15) is 18.1 Å². The van der Waals surface area contributed by atoms with Crippen LogP contribution in [0, 0.1) is 5.92 Å². The molecule has 0 spiro atoms. The van der Waals surface area contributed by atoms with E-state index < -0.39 is 11.9 Å². The maximum Gasteiger partial charge on any atom is 0.306 e. The SMILES string of the molecule is COCc1c(OC)ccc(CC(C)C(=O)O)c1OC. The minimum Gasteiger partial charge on any atom is -0.496 e. The third-order valence-corrected chi connectivity index (χ3v) is 2.96. The topological polar surface area (TPSA) is 65.0 Å². The van der Waals surface area contributed by atoms with Gasteiger partial charge in [-0.2, -0.15) is 0 Å². The maximum atomic E-state index is 10.9. The van der Waals surface area contributed by atoms with Crippen molar-refractivity contribution in [3.8, 4) is 11.5 Å². The van der Waals surface area contributed by atoms with Crippen molar-refractivity contribution in [1.82, 2.24) is 0 Å². The summed E-state index contributed by atoms with van der Waals surface area (Å²) >= 11 is 0. The second-order valence-electron chi connectivity index (χ2n) is 4.32. The highest BCUT2D eigenvalue weighted by atomic mass is 16.5. The number of benzene rings is 1. The summed E-state index contributed by atoms with van der Waals surface area (Å²) in [5.74, 6) is 0.00332. The molecule has 0 aliphatic carbocycles. The highest BCUT2D eigenvalue weighted by Gasteiger charge is 2.19. The van der Waals surface area contributed by atoms with Crippen LogP contribution >= 0.6 is 0 Å². The molecular formula is C14H20O5. The highest BCUT2D eigenvalue weighted by Crippen LogP contribution is 2.34. The summed E-state index contributed by atoms with van der Waals surface area (Å²) in [6.07, 6.45) is 0.402. The Morgan fingerprint density at radius 2 is 1.95 bits per heavy atom. The molecule has 1 aromatic carbocycles. The van der Waals surface area contributed by atoms with Crippen molar-refractivity contribution in [2.45, 2.75) is 20.0 Å². The summed E-state index contributed by atoms with van der Waals surface area (Å²) in [6.45, 7) is 2.02. The number of carbonyl (C=O) groups is 1. The number of hydrogen-bond donors (Lipinski definition) is 1. The molecular weight excluding hydrogens is 248 g/mol. The molecule has 0 saturated heterocycles. The predicted molar refractivity (Wildman–Crippen MR) is 70.8 cm³/mol. The molecule has 1 atom stereocenters. The van der Waals surface area contributed by atoms with Gasteiger partial charge in [0.2, 0.25) is 0 Å². The van der Waals surface area contributed by atoms with Crippen LogP contribution in [0.4, 0.5) is 0 Å². The average Bonchev–Trinajstić information content (AvgIpc) is 2.39. The Hall–Kier alpha value is -1.75. The lowest BCUT2D eigenvalue weighted by atomic mass is 9.98. The first-order valence-electron chi connectivity index (χ1n) is 5.99. The fraction of sp³-hybridized carbons (Fsp3) is 0.500. The summed E-state index contributed by atoms with van der Waals surface area (Å²) < 4.78 is 15.8. The normalized spacial score (nSPS) is 12.0. The lowest BCUT2D eigenvalue weighted by Crippen LogP contribution is -2.13. The molecule has 1 rings (SSSR count). The first kappa shape index (κ1) is 15.3. The van der Waals surface area contributed by atoms with Crippen LogP contribution in [0.3, 0.4) is 0 Å². The first-order chi connectivity index (χ1) is 9.04. The van der Waals surface area contributed by atoms with Gasteiger partial charge >= 0.3 is 5.97 Å². The minimum atomic E-state index is -0.828. The molecule has 1 aromatic rings. The van der Waals surface area contributed by atoms with E-state index in [0.29, 0.717) is 24.5 Å². The van der Waals surface area contributed by atoms with Gasteiger partial charge in [0.1, 0.15) is 11.5 Å². The van der Waals surface area contributed by atoms with E-state index in [1.165, 1.54) is 0 Å². The van der Waals surface area contributed by atoms with E-state index >= 15 is 0 Å². The van der Waals surface area contributed by atoms with E-state index in [1.807, 2.05) is 6.07 Å². The maximum absolute atomic E-state index is 10.9. The van der Waals surface area contributed by atoms with Crippen molar-refractivity contribution < 1.29 is 24.1 Å². The second-order valence-corrected chi connectivity index (χ2v) is 4.32. The zero-order chi connectivity index (χ0) is 14.4. The fourth-order valence-corrected chi connectivity index (χ4v) is 1.96. The molecule has 1 N–H and O–H groups in total. The fourth-order valence-electron chi connectivity index (χ4n) is 1.96. The number of carboxylic acid groups (broad SMARTS) is 1. The number of ether oxygens (including phenoxy) is 3. The molecule has 0 heterocycles. The molecule has 0 aliphatic rings. The summed E-state index contributed by atoms with van der Waals surface area (Å²) in [6, 6.07) is 3.64. The van der Waals surface area contributed by atoms with Gasteiger partial charge in [0, 0.05) is 7.11 Å². The summed E-state index contributed by atoms with van der Waals surface area (Å²) in [4.78, 5) is 10.9. The van der Waals surface area contributed by atoms with Gasteiger partial charge in [-0.3, -0.25) is 4.79 Å². The second kappa shape index (κ2) is 6.99. The molecule has 0 bridgehead atoms. The van der Waals surface area contributed by atoms with E-state index in [-0.39, 0.29) is 0 Å². The van der Waals surface area contributed by atoms with Crippen LogP contribution in [0.2, 0.25) is 0 Å².